The number of benzene rings is 1. The van der Waals surface area contributed by atoms with Crippen molar-refractivity contribution in [2.75, 3.05) is 13.1 Å². The van der Waals surface area contributed by atoms with Crippen molar-refractivity contribution in [3.8, 4) is 11.3 Å². The van der Waals surface area contributed by atoms with Crippen LogP contribution in [0.3, 0.4) is 0 Å². The third-order valence-corrected chi connectivity index (χ3v) is 4.10. The highest BCUT2D eigenvalue weighted by atomic mass is 16.2. The van der Waals surface area contributed by atoms with Gasteiger partial charge in [-0.1, -0.05) is 30.3 Å². The maximum atomic E-state index is 12.4. The zero-order valence-corrected chi connectivity index (χ0v) is 12.5. The Balaban J connectivity index is 1.83. The molecule has 1 aromatic heterocycles. The first-order valence-corrected chi connectivity index (χ1v) is 7.43. The van der Waals surface area contributed by atoms with E-state index in [1.807, 2.05) is 30.3 Å². The standard InChI is InChI=1S/C17H17N3O3/c18-15(21)12-8-9-20(10-12)17(23)13-6-7-14(19-16(13)22)11-4-2-1-3-5-11/h1-7,12H,8-10H2,(H2,18,21)(H,19,22)/t12-/m0/s1. The first-order valence-electron chi connectivity index (χ1n) is 7.43. The number of carbonyl (C=O) groups excluding carboxylic acids is 2. The van der Waals surface area contributed by atoms with Gasteiger partial charge in [0.15, 0.2) is 0 Å². The van der Waals surface area contributed by atoms with Crippen molar-refractivity contribution < 1.29 is 9.59 Å². The molecule has 2 aromatic rings. The van der Waals surface area contributed by atoms with E-state index >= 15 is 0 Å². The summed E-state index contributed by atoms with van der Waals surface area (Å²) in [5, 5.41) is 0. The van der Waals surface area contributed by atoms with Gasteiger partial charge in [0.25, 0.3) is 11.5 Å². The number of primary amides is 1. The molecule has 2 heterocycles. The van der Waals surface area contributed by atoms with Gasteiger partial charge < -0.3 is 15.6 Å². The molecule has 0 saturated carbocycles. The second-order valence-electron chi connectivity index (χ2n) is 5.62. The van der Waals surface area contributed by atoms with E-state index in [0.717, 1.165) is 5.56 Å². The number of aromatic nitrogens is 1. The molecule has 3 N–H and O–H groups in total. The fourth-order valence-electron chi connectivity index (χ4n) is 2.78. The summed E-state index contributed by atoms with van der Waals surface area (Å²) >= 11 is 0. The number of hydrogen-bond donors (Lipinski definition) is 2. The molecule has 1 aliphatic heterocycles. The summed E-state index contributed by atoms with van der Waals surface area (Å²) in [4.78, 5) is 40.1. The molecule has 1 atom stereocenters. The molecule has 0 unspecified atom stereocenters. The van der Waals surface area contributed by atoms with Gasteiger partial charge in [-0.05, 0) is 24.1 Å². The monoisotopic (exact) mass is 311 g/mol. The van der Waals surface area contributed by atoms with Crippen LogP contribution < -0.4 is 11.3 Å². The number of nitrogens with two attached hydrogens (primary N) is 1. The zero-order chi connectivity index (χ0) is 16.4. The number of rotatable bonds is 3. The van der Waals surface area contributed by atoms with Gasteiger partial charge >= 0.3 is 0 Å². The molecule has 6 nitrogen and oxygen atoms in total. The van der Waals surface area contributed by atoms with E-state index in [1.165, 1.54) is 11.0 Å². The van der Waals surface area contributed by atoms with Gasteiger partial charge in [0.05, 0.1) is 5.92 Å². The van der Waals surface area contributed by atoms with E-state index in [9.17, 15) is 14.4 Å². The number of nitrogens with zero attached hydrogens (tertiary/aromatic N) is 1. The second kappa shape index (κ2) is 6.08. The lowest BCUT2D eigenvalue weighted by atomic mass is 10.1. The van der Waals surface area contributed by atoms with E-state index < -0.39 is 11.5 Å². The van der Waals surface area contributed by atoms with Crippen LogP contribution in [0.15, 0.2) is 47.3 Å². The summed E-state index contributed by atoms with van der Waals surface area (Å²) in [5.41, 5.74) is 6.44. The number of nitrogens with one attached hydrogen (secondary N) is 1. The molecule has 23 heavy (non-hydrogen) atoms. The Morgan fingerprint density at radius 3 is 2.48 bits per heavy atom. The minimum Gasteiger partial charge on any atom is -0.369 e. The van der Waals surface area contributed by atoms with Crippen LogP contribution in [0.2, 0.25) is 0 Å². The van der Waals surface area contributed by atoms with Crippen molar-refractivity contribution >= 4 is 11.8 Å². The number of aromatic amines is 1. The van der Waals surface area contributed by atoms with Crippen molar-refractivity contribution in [2.45, 2.75) is 6.42 Å². The topological polar surface area (TPSA) is 96.3 Å². The number of amides is 2. The second-order valence-corrected chi connectivity index (χ2v) is 5.62. The molecule has 6 heteroatoms. The maximum Gasteiger partial charge on any atom is 0.261 e. The van der Waals surface area contributed by atoms with Crippen LogP contribution in [0.25, 0.3) is 11.3 Å². The molecule has 0 spiro atoms. The van der Waals surface area contributed by atoms with E-state index in [-0.39, 0.29) is 23.9 Å². The van der Waals surface area contributed by atoms with Gasteiger partial charge in [0.1, 0.15) is 5.56 Å². The fourth-order valence-corrected chi connectivity index (χ4v) is 2.78. The average molecular weight is 311 g/mol. The molecule has 1 saturated heterocycles. The Kier molecular flexibility index (Phi) is 3.97. The number of carbonyl (C=O) groups is 2. The van der Waals surface area contributed by atoms with Gasteiger partial charge in [-0.25, -0.2) is 0 Å². The minimum atomic E-state index is -0.432. The summed E-state index contributed by atoms with van der Waals surface area (Å²) in [7, 11) is 0. The zero-order valence-electron chi connectivity index (χ0n) is 12.5. The maximum absolute atomic E-state index is 12.4. The highest BCUT2D eigenvalue weighted by Crippen LogP contribution is 2.19. The third kappa shape index (κ3) is 3.01. The summed E-state index contributed by atoms with van der Waals surface area (Å²) in [6.45, 7) is 0.709. The lowest BCUT2D eigenvalue weighted by Gasteiger charge is -2.15. The van der Waals surface area contributed by atoms with Crippen LogP contribution in [-0.2, 0) is 4.79 Å². The van der Waals surface area contributed by atoms with Gasteiger partial charge in [0.2, 0.25) is 5.91 Å². The smallest absolute Gasteiger partial charge is 0.261 e. The summed E-state index contributed by atoms with van der Waals surface area (Å²) in [6.07, 6.45) is 0.543. The average Bonchev–Trinajstić information content (AvgIpc) is 3.05. The Bertz CT molecular complexity index is 798. The van der Waals surface area contributed by atoms with E-state index in [1.54, 1.807) is 6.07 Å². The molecule has 118 valence electrons. The van der Waals surface area contributed by atoms with Crippen LogP contribution in [0.4, 0.5) is 0 Å². The Labute approximate surface area is 132 Å². The first-order chi connectivity index (χ1) is 11.1. The van der Waals surface area contributed by atoms with Crippen molar-refractivity contribution in [1.82, 2.24) is 9.88 Å². The molecular formula is C17H17N3O3. The van der Waals surface area contributed by atoms with E-state index in [0.29, 0.717) is 18.7 Å². The molecule has 0 aliphatic carbocycles. The predicted molar refractivity (Wildman–Crippen MR) is 85.7 cm³/mol. The van der Waals surface area contributed by atoms with Gasteiger partial charge in [-0.2, -0.15) is 0 Å². The summed E-state index contributed by atoms with van der Waals surface area (Å²) in [5.74, 6) is -1.11. The largest absolute Gasteiger partial charge is 0.369 e. The Morgan fingerprint density at radius 2 is 1.87 bits per heavy atom. The molecule has 1 fully saturated rings. The number of hydrogen-bond acceptors (Lipinski definition) is 3. The van der Waals surface area contributed by atoms with Crippen LogP contribution in [0, 0.1) is 5.92 Å². The third-order valence-electron chi connectivity index (χ3n) is 4.10. The van der Waals surface area contributed by atoms with Gasteiger partial charge in [0, 0.05) is 18.8 Å². The number of pyridine rings is 1. The van der Waals surface area contributed by atoms with Crippen LogP contribution in [0.5, 0.6) is 0 Å². The SMILES string of the molecule is NC(=O)[C@H]1CCN(C(=O)c2ccc(-c3ccccc3)[nH]c2=O)C1. The van der Waals surface area contributed by atoms with Crippen LogP contribution in [0.1, 0.15) is 16.8 Å². The van der Waals surface area contributed by atoms with Gasteiger partial charge in [-0.3, -0.25) is 14.4 Å². The Morgan fingerprint density at radius 1 is 1.13 bits per heavy atom. The molecule has 2 amide bonds. The molecule has 1 aliphatic rings. The summed E-state index contributed by atoms with van der Waals surface area (Å²) < 4.78 is 0. The van der Waals surface area contributed by atoms with Gasteiger partial charge in [-0.15, -0.1) is 0 Å². The van der Waals surface area contributed by atoms with E-state index in [4.69, 9.17) is 5.73 Å². The Hall–Kier alpha value is -2.89. The first kappa shape index (κ1) is 15.0. The predicted octanol–water partition coefficient (Wildman–Crippen LogP) is 0.989. The van der Waals surface area contributed by atoms with Crippen molar-refractivity contribution in [1.29, 1.82) is 0 Å². The van der Waals surface area contributed by atoms with Crippen LogP contribution in [-0.4, -0.2) is 34.8 Å². The van der Waals surface area contributed by atoms with Crippen molar-refractivity contribution in [2.24, 2.45) is 11.7 Å². The molecule has 3 rings (SSSR count). The van der Waals surface area contributed by atoms with E-state index in [2.05, 4.69) is 4.98 Å². The lowest BCUT2D eigenvalue weighted by Crippen LogP contribution is -2.34. The van der Waals surface area contributed by atoms with Crippen molar-refractivity contribution in [3.63, 3.8) is 0 Å². The quantitative estimate of drug-likeness (QED) is 0.884. The highest BCUT2D eigenvalue weighted by Gasteiger charge is 2.31. The molecule has 1 aromatic carbocycles. The lowest BCUT2D eigenvalue weighted by molar-refractivity contribution is -0.121. The molecule has 0 bridgehead atoms. The molecule has 0 radical (unpaired) electrons. The normalized spacial score (nSPS) is 17.2. The highest BCUT2D eigenvalue weighted by molar-refractivity contribution is 5.94. The van der Waals surface area contributed by atoms with Crippen LogP contribution >= 0.6 is 0 Å². The fraction of sp³-hybridized carbons (Fsp3) is 0.235. The molecular weight excluding hydrogens is 294 g/mol. The minimum absolute atomic E-state index is 0.0785. The van der Waals surface area contributed by atoms with Crippen molar-refractivity contribution in [3.05, 3.63) is 58.4 Å². The number of likely N-dealkylation sites (tertiary alicyclic amines) is 1. The summed E-state index contributed by atoms with van der Waals surface area (Å²) in [6, 6.07) is 12.6. The number of H-pyrrole nitrogens is 1.